The summed E-state index contributed by atoms with van der Waals surface area (Å²) in [6, 6.07) is 15.9. The fraction of sp³-hybridized carbons (Fsp3) is 0.300. The van der Waals surface area contributed by atoms with Crippen LogP contribution in [-0.4, -0.2) is 42.5 Å². The molecule has 0 saturated carbocycles. The van der Waals surface area contributed by atoms with Crippen LogP contribution in [0.1, 0.15) is 18.0 Å². The van der Waals surface area contributed by atoms with E-state index in [0.29, 0.717) is 0 Å². The van der Waals surface area contributed by atoms with Crippen LogP contribution in [0.5, 0.6) is 0 Å². The lowest BCUT2D eigenvalue weighted by Crippen LogP contribution is -2.36. The smallest absolute Gasteiger partial charge is 0.325 e. The van der Waals surface area contributed by atoms with Gasteiger partial charge in [0.25, 0.3) is 0 Å². The summed E-state index contributed by atoms with van der Waals surface area (Å²) in [4.78, 5) is 24.1. The number of methoxy groups -OCH3 is 2. The molecule has 0 radical (unpaired) electrons. The van der Waals surface area contributed by atoms with E-state index in [1.54, 1.807) is 0 Å². The zero-order chi connectivity index (χ0) is 18.7. The maximum atomic E-state index is 12.2. The number of carbonyl (C=O) groups excluding carboxylic acids is 2. The van der Waals surface area contributed by atoms with E-state index >= 15 is 0 Å². The largest absolute Gasteiger partial charge is 0.469 e. The highest BCUT2D eigenvalue weighted by atomic mass is 16.5. The molecule has 3 rings (SSSR count). The zero-order valence-corrected chi connectivity index (χ0v) is 14.7. The first-order valence-electron chi connectivity index (χ1n) is 8.35. The molecule has 1 fully saturated rings. The molecule has 3 atom stereocenters. The molecule has 1 aliphatic heterocycles. The van der Waals surface area contributed by atoms with Gasteiger partial charge in [-0.1, -0.05) is 54.6 Å². The molecule has 2 aromatic carbocycles. The highest BCUT2D eigenvalue weighted by Crippen LogP contribution is 2.41. The van der Waals surface area contributed by atoms with Gasteiger partial charge in [0.2, 0.25) is 0 Å². The molecule has 1 N–H and O–H groups in total. The number of rotatable bonds is 4. The first-order valence-corrected chi connectivity index (χ1v) is 8.35. The van der Waals surface area contributed by atoms with Crippen LogP contribution in [0.15, 0.2) is 54.6 Å². The second kappa shape index (κ2) is 7.68. The van der Waals surface area contributed by atoms with E-state index in [4.69, 9.17) is 9.47 Å². The van der Waals surface area contributed by atoms with Gasteiger partial charge in [-0.15, -0.1) is 0 Å². The van der Waals surface area contributed by atoms with Crippen LogP contribution in [0, 0.1) is 5.92 Å². The minimum atomic E-state index is -0.900. The van der Waals surface area contributed by atoms with Crippen molar-refractivity contribution in [3.63, 3.8) is 0 Å². The van der Waals surface area contributed by atoms with E-state index in [-0.39, 0.29) is 6.42 Å². The molecule has 0 aliphatic carbocycles. The molecule has 0 unspecified atom stereocenters. The van der Waals surface area contributed by atoms with Crippen LogP contribution in [0.3, 0.4) is 0 Å². The Bertz CT molecular complexity index is 775. The predicted octanol–water partition coefficient (Wildman–Crippen LogP) is 2.82. The number of ether oxygens (including phenoxy) is 2. The maximum Gasteiger partial charge on any atom is 0.325 e. The normalized spacial score (nSPS) is 22.8. The van der Waals surface area contributed by atoms with Gasteiger partial charge in [-0.25, -0.2) is 0 Å². The Morgan fingerprint density at radius 2 is 1.50 bits per heavy atom. The Labute approximate surface area is 151 Å². The number of hydrogen-bond donors (Lipinski definition) is 1. The summed E-state index contributed by atoms with van der Waals surface area (Å²) < 4.78 is 9.59. The van der Waals surface area contributed by atoms with Crippen LogP contribution in [0.4, 0.5) is 0 Å². The SMILES string of the molecule is COC(=O)[C@H]1C[C@@H](C(=O)OC)N(O)[C@H]1c1ccc(-c2ccccc2)cc1. The molecule has 0 aromatic heterocycles. The molecule has 1 aliphatic rings. The van der Waals surface area contributed by atoms with Crippen LogP contribution < -0.4 is 0 Å². The summed E-state index contributed by atoms with van der Waals surface area (Å²) in [5.74, 6) is -1.70. The van der Waals surface area contributed by atoms with Gasteiger partial charge in [0.15, 0.2) is 0 Å². The lowest BCUT2D eigenvalue weighted by molar-refractivity contribution is -0.177. The van der Waals surface area contributed by atoms with Gasteiger partial charge in [0, 0.05) is 0 Å². The molecular weight excluding hydrogens is 334 g/mol. The van der Waals surface area contributed by atoms with Crippen LogP contribution >= 0.6 is 0 Å². The fourth-order valence-corrected chi connectivity index (χ4v) is 3.46. The molecule has 2 aromatic rings. The molecule has 1 heterocycles. The van der Waals surface area contributed by atoms with Crippen molar-refractivity contribution in [3.05, 3.63) is 60.2 Å². The summed E-state index contributed by atoms with van der Waals surface area (Å²) in [5, 5.41) is 11.4. The summed E-state index contributed by atoms with van der Waals surface area (Å²) in [7, 11) is 2.55. The highest BCUT2D eigenvalue weighted by Gasteiger charge is 2.49. The van der Waals surface area contributed by atoms with Crippen molar-refractivity contribution in [1.82, 2.24) is 5.06 Å². The van der Waals surface area contributed by atoms with Crippen molar-refractivity contribution in [1.29, 1.82) is 0 Å². The van der Waals surface area contributed by atoms with E-state index < -0.39 is 29.9 Å². The predicted molar refractivity (Wildman–Crippen MR) is 94.2 cm³/mol. The Balaban J connectivity index is 1.91. The second-order valence-electron chi connectivity index (χ2n) is 6.22. The molecule has 0 spiro atoms. The van der Waals surface area contributed by atoms with Crippen LogP contribution in [0.2, 0.25) is 0 Å². The van der Waals surface area contributed by atoms with Crippen molar-refractivity contribution >= 4 is 11.9 Å². The Morgan fingerprint density at radius 1 is 0.923 bits per heavy atom. The van der Waals surface area contributed by atoms with Crippen LogP contribution in [-0.2, 0) is 19.1 Å². The van der Waals surface area contributed by atoms with Crippen molar-refractivity contribution < 1.29 is 24.3 Å². The first-order chi connectivity index (χ1) is 12.6. The van der Waals surface area contributed by atoms with E-state index in [0.717, 1.165) is 21.8 Å². The third-order valence-corrected chi connectivity index (χ3v) is 4.80. The number of nitrogens with zero attached hydrogens (tertiary/aromatic N) is 1. The number of hydrogen-bond acceptors (Lipinski definition) is 6. The molecular formula is C20H21NO5. The van der Waals surface area contributed by atoms with Gasteiger partial charge >= 0.3 is 11.9 Å². The summed E-state index contributed by atoms with van der Waals surface area (Å²) in [6.07, 6.45) is 0.140. The van der Waals surface area contributed by atoms with Gasteiger partial charge in [-0.2, -0.15) is 5.06 Å². The van der Waals surface area contributed by atoms with E-state index in [2.05, 4.69) is 0 Å². The molecule has 0 amide bonds. The van der Waals surface area contributed by atoms with E-state index in [1.807, 2.05) is 54.6 Å². The summed E-state index contributed by atoms with van der Waals surface area (Å²) >= 11 is 0. The van der Waals surface area contributed by atoms with Crippen LogP contribution in [0.25, 0.3) is 11.1 Å². The summed E-state index contributed by atoms with van der Waals surface area (Å²) in [5.41, 5.74) is 2.83. The average Bonchev–Trinajstić information content (AvgIpc) is 3.04. The fourth-order valence-electron chi connectivity index (χ4n) is 3.46. The summed E-state index contributed by atoms with van der Waals surface area (Å²) in [6.45, 7) is 0. The monoisotopic (exact) mass is 355 g/mol. The lowest BCUT2D eigenvalue weighted by Gasteiger charge is -2.24. The van der Waals surface area contributed by atoms with Gasteiger partial charge in [0.05, 0.1) is 26.2 Å². The second-order valence-corrected chi connectivity index (χ2v) is 6.22. The highest BCUT2D eigenvalue weighted by molar-refractivity contribution is 5.80. The average molecular weight is 355 g/mol. The van der Waals surface area contributed by atoms with Gasteiger partial charge < -0.3 is 14.7 Å². The molecule has 1 saturated heterocycles. The zero-order valence-electron chi connectivity index (χ0n) is 14.7. The Kier molecular flexibility index (Phi) is 5.35. The van der Waals surface area contributed by atoms with Crippen molar-refractivity contribution in [2.75, 3.05) is 14.2 Å². The molecule has 6 nitrogen and oxygen atoms in total. The van der Waals surface area contributed by atoms with E-state index in [1.165, 1.54) is 14.2 Å². The quantitative estimate of drug-likeness (QED) is 0.850. The van der Waals surface area contributed by atoms with Gasteiger partial charge in [0.1, 0.15) is 6.04 Å². The Morgan fingerprint density at radius 3 is 2.08 bits per heavy atom. The first kappa shape index (κ1) is 18.1. The van der Waals surface area contributed by atoms with Gasteiger partial charge in [-0.3, -0.25) is 9.59 Å². The Hall–Kier alpha value is -2.70. The standard InChI is InChI=1S/C20H21NO5/c1-25-19(22)16-12-17(20(23)26-2)21(24)18(16)15-10-8-14(9-11-15)13-6-4-3-5-7-13/h3-11,16-18,24H,12H2,1-2H3/t16-,17-,18-/m0/s1. The van der Waals surface area contributed by atoms with Gasteiger partial charge in [-0.05, 0) is 23.1 Å². The number of carbonyl (C=O) groups is 2. The topological polar surface area (TPSA) is 76.1 Å². The minimum Gasteiger partial charge on any atom is -0.469 e. The maximum absolute atomic E-state index is 12.2. The lowest BCUT2D eigenvalue weighted by atomic mass is 9.92. The minimum absolute atomic E-state index is 0.140. The van der Waals surface area contributed by atoms with Crippen molar-refractivity contribution in [2.24, 2.45) is 5.92 Å². The number of benzene rings is 2. The van der Waals surface area contributed by atoms with Crippen molar-refractivity contribution in [2.45, 2.75) is 18.5 Å². The third-order valence-electron chi connectivity index (χ3n) is 4.80. The van der Waals surface area contributed by atoms with Crippen molar-refractivity contribution in [3.8, 4) is 11.1 Å². The third kappa shape index (κ3) is 3.34. The number of hydroxylamine groups is 2. The molecule has 26 heavy (non-hydrogen) atoms. The van der Waals surface area contributed by atoms with E-state index in [9.17, 15) is 14.8 Å². The molecule has 136 valence electrons. The molecule has 6 heteroatoms. The number of esters is 2. The molecule has 0 bridgehead atoms.